The molecule has 0 atom stereocenters. The van der Waals surface area contributed by atoms with Gasteiger partial charge in [-0.1, -0.05) is 29.8 Å². The van der Waals surface area contributed by atoms with Crippen LogP contribution in [0.25, 0.3) is 6.08 Å². The molecule has 0 spiro atoms. The second-order valence-electron chi connectivity index (χ2n) is 6.13. The molecule has 2 N–H and O–H groups in total. The normalized spacial score (nSPS) is 10.6. The van der Waals surface area contributed by atoms with E-state index in [9.17, 15) is 4.79 Å². The fraction of sp³-hybridized carbons (Fsp3) is 0.0435. The van der Waals surface area contributed by atoms with Crippen LogP contribution in [0.3, 0.4) is 0 Å². The molecule has 0 aromatic heterocycles. The van der Waals surface area contributed by atoms with E-state index in [1.54, 1.807) is 43.5 Å². The van der Waals surface area contributed by atoms with Crippen LogP contribution in [-0.4, -0.2) is 18.0 Å². The van der Waals surface area contributed by atoms with Crippen molar-refractivity contribution in [1.82, 2.24) is 0 Å². The van der Waals surface area contributed by atoms with Gasteiger partial charge in [0, 0.05) is 22.0 Å². The largest absolute Gasteiger partial charge is 0.497 e. The minimum Gasteiger partial charge on any atom is -0.497 e. The Balaban J connectivity index is 1.57. The second-order valence-corrected chi connectivity index (χ2v) is 6.98. The van der Waals surface area contributed by atoms with Crippen LogP contribution in [0.4, 0.5) is 11.4 Å². The molecular formula is C23H19ClN2O2S. The Morgan fingerprint density at radius 2 is 1.45 bits per heavy atom. The minimum atomic E-state index is -0.0748. The van der Waals surface area contributed by atoms with Crippen LogP contribution in [0, 0.1) is 0 Å². The van der Waals surface area contributed by atoms with Crippen LogP contribution in [0.5, 0.6) is 5.75 Å². The molecule has 4 nitrogen and oxygen atoms in total. The zero-order valence-corrected chi connectivity index (χ0v) is 17.3. The van der Waals surface area contributed by atoms with Gasteiger partial charge < -0.3 is 15.4 Å². The van der Waals surface area contributed by atoms with E-state index in [1.807, 2.05) is 48.5 Å². The van der Waals surface area contributed by atoms with Gasteiger partial charge in [-0.2, -0.15) is 0 Å². The molecule has 0 unspecified atom stereocenters. The zero-order valence-electron chi connectivity index (χ0n) is 15.7. The zero-order chi connectivity index (χ0) is 20.6. The van der Waals surface area contributed by atoms with Crippen LogP contribution in [0.15, 0.2) is 78.9 Å². The van der Waals surface area contributed by atoms with Gasteiger partial charge in [0.25, 0.3) is 0 Å². The predicted octanol–water partition coefficient (Wildman–Crippen LogP) is 6.05. The van der Waals surface area contributed by atoms with Crippen molar-refractivity contribution in [2.75, 3.05) is 17.7 Å². The number of anilines is 2. The molecule has 3 aromatic carbocycles. The first-order valence-corrected chi connectivity index (χ1v) is 9.62. The number of halogens is 1. The summed E-state index contributed by atoms with van der Waals surface area (Å²) in [5, 5.41) is 7.27. The first-order valence-electron chi connectivity index (χ1n) is 8.83. The SMILES string of the molecule is COc1ccc(/C=C/C(=O)c2ccc(NC(=S)Nc3ccc(Cl)cc3)cc2)cc1. The summed E-state index contributed by atoms with van der Waals surface area (Å²) in [6.07, 6.45) is 3.33. The molecule has 29 heavy (non-hydrogen) atoms. The highest BCUT2D eigenvalue weighted by Gasteiger charge is 2.04. The molecule has 0 saturated heterocycles. The van der Waals surface area contributed by atoms with Gasteiger partial charge in [0.1, 0.15) is 5.75 Å². The highest BCUT2D eigenvalue weighted by molar-refractivity contribution is 7.80. The van der Waals surface area contributed by atoms with Gasteiger partial charge in [-0.3, -0.25) is 4.79 Å². The molecule has 3 aromatic rings. The summed E-state index contributed by atoms with van der Waals surface area (Å²) >= 11 is 11.2. The van der Waals surface area contributed by atoms with Crippen molar-refractivity contribution in [2.24, 2.45) is 0 Å². The maximum absolute atomic E-state index is 12.4. The number of hydrogen-bond donors (Lipinski definition) is 2. The number of nitrogens with one attached hydrogen (secondary N) is 2. The van der Waals surface area contributed by atoms with Crippen LogP contribution >= 0.6 is 23.8 Å². The molecule has 3 rings (SSSR count). The highest BCUT2D eigenvalue weighted by atomic mass is 35.5. The lowest BCUT2D eigenvalue weighted by atomic mass is 10.1. The topological polar surface area (TPSA) is 50.4 Å². The Morgan fingerprint density at radius 3 is 2.00 bits per heavy atom. The highest BCUT2D eigenvalue weighted by Crippen LogP contribution is 2.16. The minimum absolute atomic E-state index is 0.0748. The van der Waals surface area contributed by atoms with Gasteiger partial charge in [-0.25, -0.2) is 0 Å². The smallest absolute Gasteiger partial charge is 0.185 e. The number of hydrogen-bond acceptors (Lipinski definition) is 3. The predicted molar refractivity (Wildman–Crippen MR) is 124 cm³/mol. The van der Waals surface area contributed by atoms with E-state index in [0.29, 0.717) is 15.7 Å². The van der Waals surface area contributed by atoms with Crippen molar-refractivity contribution in [1.29, 1.82) is 0 Å². The average Bonchev–Trinajstić information content (AvgIpc) is 2.74. The maximum atomic E-state index is 12.4. The number of thiocarbonyl (C=S) groups is 1. The molecule has 0 aliphatic heterocycles. The van der Waals surface area contributed by atoms with Crippen molar-refractivity contribution in [3.63, 3.8) is 0 Å². The van der Waals surface area contributed by atoms with E-state index in [1.165, 1.54) is 0 Å². The third kappa shape index (κ3) is 6.17. The molecule has 0 aliphatic rings. The van der Waals surface area contributed by atoms with E-state index in [0.717, 1.165) is 22.7 Å². The Bertz CT molecular complexity index is 1010. The van der Waals surface area contributed by atoms with Crippen LogP contribution in [-0.2, 0) is 0 Å². The summed E-state index contributed by atoms with van der Waals surface area (Å²) in [6, 6.07) is 21.9. The van der Waals surface area contributed by atoms with E-state index < -0.39 is 0 Å². The monoisotopic (exact) mass is 422 g/mol. The van der Waals surface area contributed by atoms with Crippen molar-refractivity contribution in [2.45, 2.75) is 0 Å². The van der Waals surface area contributed by atoms with E-state index >= 15 is 0 Å². The molecule has 0 radical (unpaired) electrons. The number of benzene rings is 3. The molecule has 146 valence electrons. The maximum Gasteiger partial charge on any atom is 0.185 e. The first-order chi connectivity index (χ1) is 14.0. The van der Waals surface area contributed by atoms with Gasteiger partial charge in [0.15, 0.2) is 10.9 Å². The third-order valence-corrected chi connectivity index (χ3v) is 4.53. The number of carbonyl (C=O) groups is 1. The van der Waals surface area contributed by atoms with Crippen LogP contribution < -0.4 is 15.4 Å². The fourth-order valence-electron chi connectivity index (χ4n) is 2.53. The Hall–Kier alpha value is -3.15. The quantitative estimate of drug-likeness (QED) is 0.287. The number of rotatable bonds is 6. The van der Waals surface area contributed by atoms with Crippen molar-refractivity contribution < 1.29 is 9.53 Å². The summed E-state index contributed by atoms with van der Waals surface area (Å²) in [7, 11) is 1.62. The number of allylic oxidation sites excluding steroid dienone is 1. The lowest BCUT2D eigenvalue weighted by Crippen LogP contribution is -2.18. The molecule has 0 aliphatic carbocycles. The molecule has 0 heterocycles. The van der Waals surface area contributed by atoms with Gasteiger partial charge in [-0.05, 0) is 84.5 Å². The van der Waals surface area contributed by atoms with E-state index in [2.05, 4.69) is 10.6 Å². The van der Waals surface area contributed by atoms with Crippen LogP contribution in [0.1, 0.15) is 15.9 Å². The third-order valence-electron chi connectivity index (χ3n) is 4.07. The Morgan fingerprint density at radius 1 is 0.897 bits per heavy atom. The fourth-order valence-corrected chi connectivity index (χ4v) is 2.89. The van der Waals surface area contributed by atoms with Crippen molar-refractivity contribution in [3.05, 3.63) is 95.0 Å². The number of ether oxygens (including phenoxy) is 1. The van der Waals surface area contributed by atoms with Gasteiger partial charge >= 0.3 is 0 Å². The number of ketones is 1. The lowest BCUT2D eigenvalue weighted by Gasteiger charge is -2.11. The number of methoxy groups -OCH3 is 1. The summed E-state index contributed by atoms with van der Waals surface area (Å²) < 4.78 is 5.12. The first kappa shape index (κ1) is 20.6. The van der Waals surface area contributed by atoms with Gasteiger partial charge in [0.05, 0.1) is 7.11 Å². The molecule has 6 heteroatoms. The average molecular weight is 423 g/mol. The molecular weight excluding hydrogens is 404 g/mol. The van der Waals surface area contributed by atoms with Crippen molar-refractivity contribution >= 4 is 52.2 Å². The van der Waals surface area contributed by atoms with Gasteiger partial charge in [-0.15, -0.1) is 0 Å². The molecule has 0 amide bonds. The Kier molecular flexibility index (Phi) is 7.00. The second kappa shape index (κ2) is 9.87. The summed E-state index contributed by atoms with van der Waals surface area (Å²) in [6.45, 7) is 0. The van der Waals surface area contributed by atoms with Crippen molar-refractivity contribution in [3.8, 4) is 5.75 Å². The standard InChI is InChI=1S/C23H19ClN2O2S/c1-28-21-13-2-16(3-14-21)4-15-22(27)17-5-9-19(10-6-17)25-23(29)26-20-11-7-18(24)8-12-20/h2-15H,1H3,(H2,25,26,29)/b15-4+. The summed E-state index contributed by atoms with van der Waals surface area (Å²) in [5.41, 5.74) is 3.14. The Labute approximate surface area is 180 Å². The molecule has 0 fully saturated rings. The van der Waals surface area contributed by atoms with Gasteiger partial charge in [0.2, 0.25) is 0 Å². The summed E-state index contributed by atoms with van der Waals surface area (Å²) in [5.74, 6) is 0.703. The summed E-state index contributed by atoms with van der Waals surface area (Å²) in [4.78, 5) is 12.4. The van der Waals surface area contributed by atoms with E-state index in [-0.39, 0.29) is 5.78 Å². The number of carbonyl (C=O) groups excluding carboxylic acids is 1. The van der Waals surface area contributed by atoms with E-state index in [4.69, 9.17) is 28.6 Å². The molecule has 0 bridgehead atoms. The van der Waals surface area contributed by atoms with Crippen LogP contribution in [0.2, 0.25) is 5.02 Å². The lowest BCUT2D eigenvalue weighted by molar-refractivity contribution is 0.104. The molecule has 0 saturated carbocycles.